The van der Waals surface area contributed by atoms with Crippen molar-refractivity contribution in [3.8, 4) is 0 Å². The van der Waals surface area contributed by atoms with E-state index in [0.29, 0.717) is 0 Å². The average molecular weight is 383 g/mol. The van der Waals surface area contributed by atoms with Gasteiger partial charge in [0.25, 0.3) is 0 Å². The summed E-state index contributed by atoms with van der Waals surface area (Å²) in [6.45, 7) is 15.2. The molecule has 0 aromatic carbocycles. The lowest BCUT2D eigenvalue weighted by atomic mass is 10.1. The Labute approximate surface area is 174 Å². The van der Waals surface area contributed by atoms with E-state index in [1.807, 2.05) is 0 Å². The second kappa shape index (κ2) is 20.7. The Morgan fingerprint density at radius 1 is 0.296 bits per heavy atom. The minimum absolute atomic E-state index is 1.37. The molecule has 0 fully saturated rings. The molecule has 0 aromatic rings. The van der Waals surface area contributed by atoms with Crippen LogP contribution in [-0.4, -0.2) is 30.7 Å². The van der Waals surface area contributed by atoms with Gasteiger partial charge < -0.3 is 4.48 Å². The van der Waals surface area contributed by atoms with Gasteiger partial charge in [0.05, 0.1) is 26.2 Å². The SMILES string of the molecule is CCCCCCC[N+](CCCCCC)(CCCCCC)CCCCCCC. The summed E-state index contributed by atoms with van der Waals surface area (Å²) in [7, 11) is 0. The Kier molecular flexibility index (Phi) is 20.7. The molecule has 1 heteroatoms. The lowest BCUT2D eigenvalue weighted by Gasteiger charge is -2.39. The highest BCUT2D eigenvalue weighted by atomic mass is 15.3. The maximum Gasteiger partial charge on any atom is 0.0786 e. The van der Waals surface area contributed by atoms with E-state index >= 15 is 0 Å². The van der Waals surface area contributed by atoms with Gasteiger partial charge in [-0.1, -0.05) is 91.9 Å². The fourth-order valence-electron chi connectivity index (χ4n) is 4.52. The Balaban J connectivity index is 4.64. The van der Waals surface area contributed by atoms with Crippen molar-refractivity contribution in [3.63, 3.8) is 0 Å². The molecule has 1 nitrogen and oxygen atoms in total. The summed E-state index contributed by atoms with van der Waals surface area (Å²) in [5.74, 6) is 0. The standard InChI is InChI=1S/C26H56N/c1-5-9-13-17-21-25-27(23-19-15-11-7-3,24-20-16-12-8-4)26-22-18-14-10-6-2/h5-26H2,1-4H3/q+1. The monoisotopic (exact) mass is 382 g/mol. The van der Waals surface area contributed by atoms with Crippen molar-refractivity contribution in [1.82, 2.24) is 0 Å². The first-order chi connectivity index (χ1) is 13.2. The normalized spacial score (nSPS) is 12.0. The highest BCUT2D eigenvalue weighted by Gasteiger charge is 2.25. The van der Waals surface area contributed by atoms with Crippen LogP contribution < -0.4 is 0 Å². The molecule has 0 aliphatic carbocycles. The Bertz CT molecular complexity index is 245. The molecule has 0 aliphatic rings. The van der Waals surface area contributed by atoms with Crippen LogP contribution in [0.3, 0.4) is 0 Å². The highest BCUT2D eigenvalue weighted by molar-refractivity contribution is 4.53. The molecule has 164 valence electrons. The minimum atomic E-state index is 1.37. The van der Waals surface area contributed by atoms with E-state index in [2.05, 4.69) is 27.7 Å². The summed E-state index contributed by atoms with van der Waals surface area (Å²) < 4.78 is 1.46. The van der Waals surface area contributed by atoms with Crippen LogP contribution in [0, 0.1) is 0 Å². The Hall–Kier alpha value is -0.0400. The molecule has 0 aliphatic heterocycles. The molecule has 0 atom stereocenters. The van der Waals surface area contributed by atoms with Crippen LogP contribution >= 0.6 is 0 Å². The van der Waals surface area contributed by atoms with Crippen molar-refractivity contribution in [3.05, 3.63) is 0 Å². The summed E-state index contributed by atoms with van der Waals surface area (Å²) in [5.41, 5.74) is 0. The van der Waals surface area contributed by atoms with Gasteiger partial charge in [0.2, 0.25) is 0 Å². The van der Waals surface area contributed by atoms with Crippen LogP contribution in [-0.2, 0) is 0 Å². The third kappa shape index (κ3) is 16.6. The topological polar surface area (TPSA) is 0 Å². The van der Waals surface area contributed by atoms with Gasteiger partial charge >= 0.3 is 0 Å². The molecule has 0 spiro atoms. The van der Waals surface area contributed by atoms with E-state index in [1.165, 1.54) is 146 Å². The van der Waals surface area contributed by atoms with Crippen molar-refractivity contribution in [1.29, 1.82) is 0 Å². The van der Waals surface area contributed by atoms with Crippen LogP contribution in [0.15, 0.2) is 0 Å². The fraction of sp³-hybridized carbons (Fsp3) is 1.00. The lowest BCUT2D eigenvalue weighted by Crippen LogP contribution is -2.50. The molecule has 0 saturated heterocycles. The first kappa shape index (κ1) is 27.0. The molecule has 0 saturated carbocycles. The van der Waals surface area contributed by atoms with Crippen molar-refractivity contribution < 1.29 is 4.48 Å². The number of nitrogens with zero attached hydrogens (tertiary/aromatic N) is 1. The molecule has 0 radical (unpaired) electrons. The molecule has 0 aromatic heterocycles. The number of unbranched alkanes of at least 4 members (excludes halogenated alkanes) is 14. The molecule has 0 amide bonds. The van der Waals surface area contributed by atoms with Crippen LogP contribution in [0.5, 0.6) is 0 Å². The van der Waals surface area contributed by atoms with Gasteiger partial charge in [0.15, 0.2) is 0 Å². The molecular formula is C26H56N+. The molecule has 0 bridgehead atoms. The van der Waals surface area contributed by atoms with Gasteiger partial charge in [-0.2, -0.15) is 0 Å². The van der Waals surface area contributed by atoms with Crippen molar-refractivity contribution in [2.75, 3.05) is 26.2 Å². The van der Waals surface area contributed by atoms with Crippen LogP contribution in [0.1, 0.15) is 143 Å². The third-order valence-electron chi connectivity index (χ3n) is 6.44. The second-order valence-corrected chi connectivity index (χ2v) is 9.19. The summed E-state index contributed by atoms with van der Waals surface area (Å²) in [5, 5.41) is 0. The molecule has 0 heterocycles. The van der Waals surface area contributed by atoms with E-state index in [0.717, 1.165) is 0 Å². The van der Waals surface area contributed by atoms with E-state index < -0.39 is 0 Å². The van der Waals surface area contributed by atoms with Crippen molar-refractivity contribution in [2.24, 2.45) is 0 Å². The third-order valence-corrected chi connectivity index (χ3v) is 6.44. The largest absolute Gasteiger partial charge is 0.324 e. The quantitative estimate of drug-likeness (QED) is 0.129. The predicted molar refractivity (Wildman–Crippen MR) is 126 cm³/mol. The average Bonchev–Trinajstić information content (AvgIpc) is 2.68. The molecule has 0 N–H and O–H groups in total. The molecule has 0 unspecified atom stereocenters. The van der Waals surface area contributed by atoms with Crippen LogP contribution in [0.25, 0.3) is 0 Å². The van der Waals surface area contributed by atoms with E-state index in [1.54, 1.807) is 0 Å². The number of quaternary nitrogens is 1. The zero-order valence-corrected chi connectivity index (χ0v) is 20.0. The first-order valence-corrected chi connectivity index (χ1v) is 13.1. The Morgan fingerprint density at radius 3 is 0.778 bits per heavy atom. The van der Waals surface area contributed by atoms with E-state index in [4.69, 9.17) is 0 Å². The van der Waals surface area contributed by atoms with Gasteiger partial charge in [-0.25, -0.2) is 0 Å². The number of rotatable bonds is 22. The van der Waals surface area contributed by atoms with Crippen LogP contribution in [0.4, 0.5) is 0 Å². The highest BCUT2D eigenvalue weighted by Crippen LogP contribution is 2.19. The predicted octanol–water partition coefficient (Wildman–Crippen LogP) is 8.90. The van der Waals surface area contributed by atoms with Crippen LogP contribution in [0.2, 0.25) is 0 Å². The van der Waals surface area contributed by atoms with E-state index in [9.17, 15) is 0 Å². The van der Waals surface area contributed by atoms with Gasteiger partial charge in [-0.15, -0.1) is 0 Å². The fourth-order valence-corrected chi connectivity index (χ4v) is 4.52. The maximum absolute atomic E-state index is 2.34. The maximum atomic E-state index is 2.34. The zero-order chi connectivity index (χ0) is 20.1. The van der Waals surface area contributed by atoms with Gasteiger partial charge in [-0.3, -0.25) is 0 Å². The minimum Gasteiger partial charge on any atom is -0.324 e. The second-order valence-electron chi connectivity index (χ2n) is 9.19. The smallest absolute Gasteiger partial charge is 0.0786 e. The zero-order valence-electron chi connectivity index (χ0n) is 20.0. The van der Waals surface area contributed by atoms with Crippen molar-refractivity contribution in [2.45, 2.75) is 143 Å². The van der Waals surface area contributed by atoms with Gasteiger partial charge in [0.1, 0.15) is 0 Å². The lowest BCUT2D eigenvalue weighted by molar-refractivity contribution is -0.929. The molecular weight excluding hydrogens is 326 g/mol. The first-order valence-electron chi connectivity index (χ1n) is 13.1. The molecule has 27 heavy (non-hydrogen) atoms. The number of hydrogen-bond acceptors (Lipinski definition) is 0. The molecule has 0 rings (SSSR count). The van der Waals surface area contributed by atoms with Gasteiger partial charge in [0, 0.05) is 0 Å². The van der Waals surface area contributed by atoms with Gasteiger partial charge in [-0.05, 0) is 51.4 Å². The summed E-state index contributed by atoms with van der Waals surface area (Å²) in [6.07, 6.45) is 25.8. The number of hydrogen-bond donors (Lipinski definition) is 0. The Morgan fingerprint density at radius 2 is 0.519 bits per heavy atom. The summed E-state index contributed by atoms with van der Waals surface area (Å²) >= 11 is 0. The summed E-state index contributed by atoms with van der Waals surface area (Å²) in [4.78, 5) is 0. The van der Waals surface area contributed by atoms with E-state index in [-0.39, 0.29) is 0 Å². The van der Waals surface area contributed by atoms with Crippen molar-refractivity contribution >= 4 is 0 Å². The summed E-state index contributed by atoms with van der Waals surface area (Å²) in [6, 6.07) is 0.